The number of carbonyl (C=O) groups is 1. The second kappa shape index (κ2) is 4.81. The number of anilines is 1. The molecule has 4 N–H and O–H groups in total. The molecule has 1 saturated heterocycles. The van der Waals surface area contributed by atoms with Crippen molar-refractivity contribution in [3.63, 3.8) is 0 Å². The lowest BCUT2D eigenvalue weighted by molar-refractivity contribution is 0.100. The van der Waals surface area contributed by atoms with E-state index >= 15 is 0 Å². The van der Waals surface area contributed by atoms with Crippen molar-refractivity contribution in [2.75, 3.05) is 18.0 Å². The third kappa shape index (κ3) is 2.18. The van der Waals surface area contributed by atoms with E-state index in [1.807, 2.05) is 0 Å². The highest BCUT2D eigenvalue weighted by Crippen LogP contribution is 2.37. The Hall–Kier alpha value is -1.62. The molecule has 0 aromatic carbocycles. The lowest BCUT2D eigenvalue weighted by Gasteiger charge is -2.29. The first-order valence-electron chi connectivity index (χ1n) is 6.92. The number of nitrogens with two attached hydrogens (primary N) is 2. The molecule has 1 aliphatic carbocycles. The Balaban J connectivity index is 1.86. The van der Waals surface area contributed by atoms with Crippen LogP contribution in [0.3, 0.4) is 0 Å². The van der Waals surface area contributed by atoms with E-state index < -0.39 is 5.91 Å². The first-order chi connectivity index (χ1) is 9.16. The summed E-state index contributed by atoms with van der Waals surface area (Å²) >= 11 is 0. The summed E-state index contributed by atoms with van der Waals surface area (Å²) in [6, 6.07) is 3.77. The number of hydrogen-bond acceptors (Lipinski definition) is 4. The van der Waals surface area contributed by atoms with E-state index in [2.05, 4.69) is 9.88 Å². The van der Waals surface area contributed by atoms with Gasteiger partial charge in [0.2, 0.25) is 0 Å². The number of nitrogens with zero attached hydrogens (tertiary/aromatic N) is 2. The maximum atomic E-state index is 11.5. The Bertz CT molecular complexity index is 490. The van der Waals surface area contributed by atoms with Crippen molar-refractivity contribution in [1.29, 1.82) is 0 Å². The molecule has 19 heavy (non-hydrogen) atoms. The van der Waals surface area contributed by atoms with Crippen molar-refractivity contribution in [2.45, 2.75) is 25.3 Å². The highest BCUT2D eigenvalue weighted by molar-refractivity contribution is 5.97. The molecule has 5 nitrogen and oxygen atoms in total. The van der Waals surface area contributed by atoms with Crippen molar-refractivity contribution in [2.24, 2.45) is 23.3 Å². The Morgan fingerprint density at radius 2 is 2.21 bits per heavy atom. The van der Waals surface area contributed by atoms with Crippen LogP contribution in [0.25, 0.3) is 0 Å². The molecule has 2 fully saturated rings. The smallest absolute Gasteiger partial charge is 0.252 e. The zero-order valence-corrected chi connectivity index (χ0v) is 11.0. The fourth-order valence-electron chi connectivity index (χ4n) is 3.53. The van der Waals surface area contributed by atoms with Gasteiger partial charge in [-0.1, -0.05) is 6.42 Å². The minimum absolute atomic E-state index is 0.282. The first kappa shape index (κ1) is 12.4. The molecule has 1 aromatic rings. The third-order valence-corrected chi connectivity index (χ3v) is 4.51. The molecule has 5 heteroatoms. The second-order valence-electron chi connectivity index (χ2n) is 5.66. The molecule has 1 aliphatic heterocycles. The van der Waals surface area contributed by atoms with Crippen LogP contribution in [0.15, 0.2) is 18.3 Å². The number of fused-ring (bicyclic) bond motifs is 1. The molecule has 102 valence electrons. The highest BCUT2D eigenvalue weighted by atomic mass is 16.1. The van der Waals surface area contributed by atoms with Crippen LogP contribution in [-0.4, -0.2) is 30.0 Å². The summed E-state index contributed by atoms with van der Waals surface area (Å²) < 4.78 is 0. The van der Waals surface area contributed by atoms with Crippen LogP contribution in [0.1, 0.15) is 29.6 Å². The normalized spacial score (nSPS) is 30.2. The number of hydrogen-bond donors (Lipinski definition) is 2. The van der Waals surface area contributed by atoms with Gasteiger partial charge in [-0.2, -0.15) is 0 Å². The second-order valence-corrected chi connectivity index (χ2v) is 5.66. The van der Waals surface area contributed by atoms with E-state index in [9.17, 15) is 4.79 Å². The van der Waals surface area contributed by atoms with Gasteiger partial charge in [0.1, 0.15) is 5.82 Å². The van der Waals surface area contributed by atoms with Crippen LogP contribution in [0, 0.1) is 11.8 Å². The van der Waals surface area contributed by atoms with Gasteiger partial charge in [-0.15, -0.1) is 0 Å². The molecule has 2 aliphatic rings. The SMILES string of the molecule is NC(=O)c1cccnc1N1CC2CCCC(N)C2C1. The van der Waals surface area contributed by atoms with Crippen LogP contribution in [0.2, 0.25) is 0 Å². The maximum Gasteiger partial charge on any atom is 0.252 e. The third-order valence-electron chi connectivity index (χ3n) is 4.51. The standard InChI is InChI=1S/C14H20N4O/c15-12-5-1-3-9-7-18(8-11(9)12)14-10(13(16)19)4-2-6-17-14/h2,4,6,9,11-12H,1,3,5,7-8,15H2,(H2,16,19). The molecule has 3 atom stereocenters. The van der Waals surface area contributed by atoms with Gasteiger partial charge >= 0.3 is 0 Å². The van der Waals surface area contributed by atoms with E-state index in [0.29, 0.717) is 17.4 Å². The molecule has 3 unspecified atom stereocenters. The minimum atomic E-state index is -0.415. The molecular formula is C14H20N4O. The quantitative estimate of drug-likeness (QED) is 0.821. The fraction of sp³-hybridized carbons (Fsp3) is 0.571. The zero-order chi connectivity index (χ0) is 13.4. The Labute approximate surface area is 113 Å². The largest absolute Gasteiger partial charge is 0.365 e. The predicted octanol–water partition coefficient (Wildman–Crippen LogP) is 0.744. The molecule has 3 rings (SSSR count). The average Bonchev–Trinajstić information content (AvgIpc) is 2.84. The van der Waals surface area contributed by atoms with Gasteiger partial charge in [0.25, 0.3) is 5.91 Å². The monoisotopic (exact) mass is 260 g/mol. The van der Waals surface area contributed by atoms with Crippen molar-refractivity contribution < 1.29 is 4.79 Å². The Kier molecular flexibility index (Phi) is 3.14. The number of primary amides is 1. The molecule has 0 spiro atoms. The predicted molar refractivity (Wildman–Crippen MR) is 73.8 cm³/mol. The van der Waals surface area contributed by atoms with Gasteiger partial charge in [0.15, 0.2) is 0 Å². The van der Waals surface area contributed by atoms with Crippen molar-refractivity contribution in [3.8, 4) is 0 Å². The number of aromatic nitrogens is 1. The van der Waals surface area contributed by atoms with Gasteiger partial charge in [0.05, 0.1) is 5.56 Å². The van der Waals surface area contributed by atoms with Crippen LogP contribution in [-0.2, 0) is 0 Å². The van der Waals surface area contributed by atoms with Crippen LogP contribution < -0.4 is 16.4 Å². The van der Waals surface area contributed by atoms with Crippen molar-refractivity contribution >= 4 is 11.7 Å². The van der Waals surface area contributed by atoms with Gasteiger partial charge in [-0.3, -0.25) is 4.79 Å². The highest BCUT2D eigenvalue weighted by Gasteiger charge is 2.39. The van der Waals surface area contributed by atoms with Gasteiger partial charge in [0, 0.05) is 25.3 Å². The summed E-state index contributed by atoms with van der Waals surface area (Å²) in [6.07, 6.45) is 5.26. The number of rotatable bonds is 2. The molecule has 0 bridgehead atoms. The lowest BCUT2D eigenvalue weighted by Crippen LogP contribution is -2.38. The average molecular weight is 260 g/mol. The molecular weight excluding hydrogens is 240 g/mol. The number of carbonyl (C=O) groups excluding carboxylic acids is 1. The van der Waals surface area contributed by atoms with Crippen molar-refractivity contribution in [1.82, 2.24) is 4.98 Å². The van der Waals surface area contributed by atoms with Crippen LogP contribution >= 0.6 is 0 Å². The van der Waals surface area contributed by atoms with E-state index in [0.717, 1.165) is 25.3 Å². The molecule has 1 amide bonds. The van der Waals surface area contributed by atoms with E-state index in [4.69, 9.17) is 11.5 Å². The Morgan fingerprint density at radius 3 is 2.95 bits per heavy atom. The molecule has 1 aromatic heterocycles. The zero-order valence-electron chi connectivity index (χ0n) is 11.0. The number of amides is 1. The maximum absolute atomic E-state index is 11.5. The lowest BCUT2D eigenvalue weighted by atomic mass is 9.78. The summed E-state index contributed by atoms with van der Waals surface area (Å²) in [5.41, 5.74) is 12.2. The topological polar surface area (TPSA) is 85.2 Å². The molecule has 0 radical (unpaired) electrons. The van der Waals surface area contributed by atoms with E-state index in [1.165, 1.54) is 12.8 Å². The van der Waals surface area contributed by atoms with Gasteiger partial charge in [-0.25, -0.2) is 4.98 Å². The molecule has 1 saturated carbocycles. The first-order valence-corrected chi connectivity index (χ1v) is 6.92. The summed E-state index contributed by atoms with van der Waals surface area (Å²) in [5, 5.41) is 0. The fourth-order valence-corrected chi connectivity index (χ4v) is 3.53. The van der Waals surface area contributed by atoms with Gasteiger partial charge in [-0.05, 0) is 36.8 Å². The Morgan fingerprint density at radius 1 is 1.37 bits per heavy atom. The van der Waals surface area contributed by atoms with Crippen LogP contribution in [0.5, 0.6) is 0 Å². The summed E-state index contributed by atoms with van der Waals surface area (Å²) in [5.74, 6) is 1.46. The van der Waals surface area contributed by atoms with Crippen LogP contribution in [0.4, 0.5) is 5.82 Å². The summed E-state index contributed by atoms with van der Waals surface area (Å²) in [6.45, 7) is 1.83. The molecule has 2 heterocycles. The summed E-state index contributed by atoms with van der Waals surface area (Å²) in [7, 11) is 0. The minimum Gasteiger partial charge on any atom is -0.365 e. The van der Waals surface area contributed by atoms with E-state index in [-0.39, 0.29) is 6.04 Å². The van der Waals surface area contributed by atoms with Crippen molar-refractivity contribution in [3.05, 3.63) is 23.9 Å². The summed E-state index contributed by atoms with van der Waals surface area (Å²) in [4.78, 5) is 18.0. The number of pyridine rings is 1. The van der Waals surface area contributed by atoms with E-state index in [1.54, 1.807) is 18.3 Å². The van der Waals surface area contributed by atoms with Gasteiger partial charge < -0.3 is 16.4 Å².